The third kappa shape index (κ3) is 3.75. The summed E-state index contributed by atoms with van der Waals surface area (Å²) in [7, 11) is 2.77. The van der Waals surface area contributed by atoms with Crippen LogP contribution in [-0.2, 0) is 5.60 Å². The van der Waals surface area contributed by atoms with Crippen molar-refractivity contribution >= 4 is 17.2 Å². The molecule has 0 spiro atoms. The number of carbonyl (C=O) groups excluding carboxylic acids is 1. The number of ether oxygens (including phenoxy) is 2. The number of nitrogens with one attached hydrogen (secondary N) is 1. The lowest BCUT2D eigenvalue weighted by atomic mass is 9.99. The Balaban J connectivity index is 2.15. The van der Waals surface area contributed by atoms with Gasteiger partial charge in [-0.05, 0) is 41.4 Å². The molecule has 3 N–H and O–H groups in total. The van der Waals surface area contributed by atoms with E-state index in [9.17, 15) is 15.0 Å². The van der Waals surface area contributed by atoms with Crippen molar-refractivity contribution in [3.8, 4) is 17.2 Å². The molecule has 6 nitrogen and oxygen atoms in total. The number of phenolic OH excluding ortho intramolecular Hbond substituents is 1. The monoisotopic (exact) mass is 337 g/mol. The van der Waals surface area contributed by atoms with Crippen LogP contribution in [0.25, 0.3) is 0 Å². The average molecular weight is 337 g/mol. The van der Waals surface area contributed by atoms with Crippen molar-refractivity contribution < 1.29 is 24.5 Å². The number of thiophene rings is 1. The summed E-state index contributed by atoms with van der Waals surface area (Å²) in [5, 5.41) is 26.6. The molecule has 2 aromatic rings. The predicted octanol–water partition coefficient (Wildman–Crippen LogP) is 2.11. The minimum Gasteiger partial charge on any atom is -0.502 e. The minimum absolute atomic E-state index is 0.0497. The summed E-state index contributed by atoms with van der Waals surface area (Å²) in [6, 6.07) is 4.63. The zero-order chi connectivity index (χ0) is 17.0. The SMILES string of the molecule is COc1cc(C(=O)NC[C@@](C)(O)c2ccsc2)cc(OC)c1O. The maximum absolute atomic E-state index is 12.3. The van der Waals surface area contributed by atoms with E-state index in [4.69, 9.17) is 9.47 Å². The van der Waals surface area contributed by atoms with Crippen LogP contribution in [0.15, 0.2) is 29.0 Å². The highest BCUT2D eigenvalue weighted by Gasteiger charge is 2.25. The maximum atomic E-state index is 12.3. The number of carbonyl (C=O) groups is 1. The lowest BCUT2D eigenvalue weighted by molar-refractivity contribution is 0.0530. The topological polar surface area (TPSA) is 88.0 Å². The molecule has 1 aromatic heterocycles. The largest absolute Gasteiger partial charge is 0.502 e. The maximum Gasteiger partial charge on any atom is 0.251 e. The molecule has 0 bridgehead atoms. The number of methoxy groups -OCH3 is 2. The van der Waals surface area contributed by atoms with E-state index >= 15 is 0 Å². The van der Waals surface area contributed by atoms with Crippen molar-refractivity contribution in [2.45, 2.75) is 12.5 Å². The van der Waals surface area contributed by atoms with Gasteiger partial charge in [0.1, 0.15) is 5.60 Å². The molecule has 0 aliphatic rings. The summed E-state index contributed by atoms with van der Waals surface area (Å²) in [4.78, 5) is 12.3. The number of amides is 1. The molecule has 1 heterocycles. The molecule has 2 rings (SSSR count). The lowest BCUT2D eigenvalue weighted by Crippen LogP contribution is -2.38. The second-order valence-corrected chi connectivity index (χ2v) is 5.98. The van der Waals surface area contributed by atoms with Crippen molar-refractivity contribution in [2.75, 3.05) is 20.8 Å². The summed E-state index contributed by atoms with van der Waals surface area (Å²) >= 11 is 1.48. The summed E-state index contributed by atoms with van der Waals surface area (Å²) in [5.41, 5.74) is -0.165. The molecule has 0 saturated carbocycles. The van der Waals surface area contributed by atoms with E-state index < -0.39 is 11.5 Å². The van der Waals surface area contributed by atoms with E-state index in [1.807, 2.05) is 16.8 Å². The zero-order valence-corrected chi connectivity index (χ0v) is 13.9. The van der Waals surface area contributed by atoms with Crippen LogP contribution < -0.4 is 14.8 Å². The standard InChI is InChI=1S/C16H19NO5S/c1-16(20,11-4-5-23-8-11)9-17-15(19)10-6-12(21-2)14(18)13(7-10)22-3/h4-8,18,20H,9H2,1-3H3,(H,17,19)/t16-/m1/s1. The van der Waals surface area contributed by atoms with E-state index in [1.54, 1.807) is 6.92 Å². The summed E-state index contributed by atoms with van der Waals surface area (Å²) in [5.74, 6) is -0.299. The Morgan fingerprint density at radius 2 is 1.91 bits per heavy atom. The Bertz CT molecular complexity index is 657. The van der Waals surface area contributed by atoms with Gasteiger partial charge in [-0.25, -0.2) is 0 Å². The van der Waals surface area contributed by atoms with Crippen molar-refractivity contribution in [3.63, 3.8) is 0 Å². The van der Waals surface area contributed by atoms with Crippen LogP contribution >= 0.6 is 11.3 Å². The molecule has 124 valence electrons. The fourth-order valence-electron chi connectivity index (χ4n) is 2.05. The van der Waals surface area contributed by atoms with Crippen LogP contribution in [0.1, 0.15) is 22.8 Å². The molecule has 0 unspecified atom stereocenters. The van der Waals surface area contributed by atoms with Gasteiger partial charge >= 0.3 is 0 Å². The minimum atomic E-state index is -1.17. The van der Waals surface area contributed by atoms with Gasteiger partial charge in [-0.3, -0.25) is 4.79 Å². The number of aromatic hydroxyl groups is 1. The molecular formula is C16H19NO5S. The summed E-state index contributed by atoms with van der Waals surface area (Å²) in [6.07, 6.45) is 0. The van der Waals surface area contributed by atoms with E-state index in [2.05, 4.69) is 5.32 Å². The quantitative estimate of drug-likeness (QED) is 0.751. The molecule has 0 aliphatic heterocycles. The number of aliphatic hydroxyl groups is 1. The highest BCUT2D eigenvalue weighted by molar-refractivity contribution is 7.08. The Morgan fingerprint density at radius 1 is 1.30 bits per heavy atom. The Morgan fingerprint density at radius 3 is 2.39 bits per heavy atom. The molecule has 0 radical (unpaired) electrons. The van der Waals surface area contributed by atoms with Crippen molar-refractivity contribution in [2.24, 2.45) is 0 Å². The van der Waals surface area contributed by atoms with E-state index in [0.717, 1.165) is 5.56 Å². The van der Waals surface area contributed by atoms with Gasteiger partial charge in [-0.1, -0.05) is 0 Å². The van der Waals surface area contributed by atoms with Crippen LogP contribution in [-0.4, -0.2) is 36.9 Å². The fourth-order valence-corrected chi connectivity index (χ4v) is 2.83. The van der Waals surface area contributed by atoms with Crippen molar-refractivity contribution in [1.82, 2.24) is 5.32 Å². The van der Waals surface area contributed by atoms with Crippen molar-refractivity contribution in [3.05, 3.63) is 40.1 Å². The molecule has 1 amide bonds. The van der Waals surface area contributed by atoms with Crippen LogP contribution in [0.5, 0.6) is 17.2 Å². The van der Waals surface area contributed by atoms with E-state index in [0.29, 0.717) is 0 Å². The first-order valence-corrected chi connectivity index (χ1v) is 7.81. The van der Waals surface area contributed by atoms with Gasteiger partial charge in [-0.15, -0.1) is 0 Å². The van der Waals surface area contributed by atoms with Crippen LogP contribution in [0.4, 0.5) is 0 Å². The molecule has 7 heteroatoms. The second-order valence-electron chi connectivity index (χ2n) is 5.20. The third-order valence-corrected chi connectivity index (χ3v) is 4.16. The molecule has 0 saturated heterocycles. The van der Waals surface area contributed by atoms with Gasteiger partial charge in [-0.2, -0.15) is 11.3 Å². The Kier molecular flexibility index (Phi) is 5.12. The van der Waals surface area contributed by atoms with E-state index in [1.165, 1.54) is 37.7 Å². The molecule has 23 heavy (non-hydrogen) atoms. The molecule has 1 aromatic carbocycles. The first-order chi connectivity index (χ1) is 10.9. The summed E-state index contributed by atoms with van der Waals surface area (Å²) in [6.45, 7) is 1.68. The van der Waals surface area contributed by atoms with Gasteiger partial charge in [0.25, 0.3) is 5.91 Å². The molecule has 1 atom stereocenters. The summed E-state index contributed by atoms with van der Waals surface area (Å²) < 4.78 is 10.0. The highest BCUT2D eigenvalue weighted by atomic mass is 32.1. The number of hydrogen-bond acceptors (Lipinski definition) is 6. The highest BCUT2D eigenvalue weighted by Crippen LogP contribution is 2.37. The van der Waals surface area contributed by atoms with Gasteiger partial charge < -0.3 is 25.0 Å². The average Bonchev–Trinajstić information content (AvgIpc) is 3.08. The van der Waals surface area contributed by atoms with Crippen LogP contribution in [0.2, 0.25) is 0 Å². The van der Waals surface area contributed by atoms with Gasteiger partial charge in [0.2, 0.25) is 5.75 Å². The number of benzene rings is 1. The van der Waals surface area contributed by atoms with Gasteiger partial charge in [0, 0.05) is 5.56 Å². The van der Waals surface area contributed by atoms with Crippen molar-refractivity contribution in [1.29, 1.82) is 0 Å². The number of rotatable bonds is 6. The number of phenols is 1. The van der Waals surface area contributed by atoms with Gasteiger partial charge in [0.15, 0.2) is 11.5 Å². The van der Waals surface area contributed by atoms with Crippen LogP contribution in [0, 0.1) is 0 Å². The normalized spacial score (nSPS) is 13.2. The molecule has 0 fully saturated rings. The molecule has 0 aliphatic carbocycles. The van der Waals surface area contributed by atoms with E-state index in [-0.39, 0.29) is 29.4 Å². The first-order valence-electron chi connectivity index (χ1n) is 6.87. The van der Waals surface area contributed by atoms with Crippen LogP contribution in [0.3, 0.4) is 0 Å². The second kappa shape index (κ2) is 6.89. The fraction of sp³-hybridized carbons (Fsp3) is 0.312. The Hall–Kier alpha value is -2.25. The Labute approximate surface area is 138 Å². The smallest absolute Gasteiger partial charge is 0.251 e. The number of hydrogen-bond donors (Lipinski definition) is 3. The zero-order valence-electron chi connectivity index (χ0n) is 13.1. The molecular weight excluding hydrogens is 318 g/mol. The van der Waals surface area contributed by atoms with Gasteiger partial charge in [0.05, 0.1) is 20.8 Å². The first kappa shape index (κ1) is 17.1. The lowest BCUT2D eigenvalue weighted by Gasteiger charge is -2.23. The predicted molar refractivity (Wildman–Crippen MR) is 87.4 cm³/mol. The third-order valence-electron chi connectivity index (χ3n) is 3.48.